The summed E-state index contributed by atoms with van der Waals surface area (Å²) in [6, 6.07) is 4.79. The second kappa shape index (κ2) is 11.9. The molecule has 0 unspecified atom stereocenters. The maximum absolute atomic E-state index is 5.19. The Hall–Kier alpha value is -2.02. The number of rotatable bonds is 5. The quantitative estimate of drug-likeness (QED) is 0.357. The first-order valence-electron chi connectivity index (χ1n) is 10.9. The third-order valence-corrected chi connectivity index (χ3v) is 4.75. The van der Waals surface area contributed by atoms with Crippen LogP contribution in [0.5, 0.6) is 0 Å². The molecule has 1 rings (SSSR count). The summed E-state index contributed by atoms with van der Waals surface area (Å²) >= 11 is 0. The molecule has 29 heavy (non-hydrogen) atoms. The summed E-state index contributed by atoms with van der Waals surface area (Å²) < 4.78 is 5.19. The molecule has 0 heterocycles. The lowest BCUT2D eigenvalue weighted by Gasteiger charge is -2.30. The molecular weight excluding hydrogens is 352 g/mol. The second-order valence-corrected chi connectivity index (χ2v) is 8.97. The van der Waals surface area contributed by atoms with Crippen molar-refractivity contribution in [1.82, 2.24) is 0 Å². The molecule has 0 aromatic heterocycles. The van der Waals surface area contributed by atoms with Crippen LogP contribution in [0.4, 0.5) is 0 Å². The van der Waals surface area contributed by atoms with E-state index < -0.39 is 0 Å². The fourth-order valence-corrected chi connectivity index (χ4v) is 3.32. The van der Waals surface area contributed by atoms with E-state index in [1.807, 2.05) is 13.8 Å². The van der Waals surface area contributed by atoms with Gasteiger partial charge in [0, 0.05) is 0 Å². The first-order chi connectivity index (χ1) is 13.5. The van der Waals surface area contributed by atoms with Gasteiger partial charge in [0.25, 0.3) is 0 Å². The van der Waals surface area contributed by atoms with Crippen molar-refractivity contribution >= 4 is 11.1 Å². The molecule has 1 heteroatoms. The van der Waals surface area contributed by atoms with Crippen LogP contribution in [0.15, 0.2) is 48.8 Å². The Bertz CT molecular complexity index is 757. The lowest BCUT2D eigenvalue weighted by molar-refractivity contribution is 0.338. The average Bonchev–Trinajstić information content (AvgIpc) is 2.66. The summed E-state index contributed by atoms with van der Waals surface area (Å²) in [6.45, 7) is 24.0. The molecule has 0 aliphatic heterocycles. The molecule has 0 N–H and O–H groups in total. The largest absolute Gasteiger partial charge is 0.504 e. The SMILES string of the molecule is C/C=C\C(=C/C)c1cc(C(C)(C)C)c(C(/C=C\OC)=C/C)cc1C(C)(C)C.CC. The van der Waals surface area contributed by atoms with Gasteiger partial charge in [0.1, 0.15) is 0 Å². The van der Waals surface area contributed by atoms with Gasteiger partial charge in [-0.2, -0.15) is 0 Å². The summed E-state index contributed by atoms with van der Waals surface area (Å²) in [7, 11) is 1.69. The van der Waals surface area contributed by atoms with Crippen LogP contribution in [0.3, 0.4) is 0 Å². The van der Waals surface area contributed by atoms with E-state index in [4.69, 9.17) is 4.74 Å². The van der Waals surface area contributed by atoms with Crippen LogP contribution in [0.2, 0.25) is 0 Å². The monoisotopic (exact) mass is 396 g/mol. The fraction of sp³-hybridized carbons (Fsp3) is 0.500. The van der Waals surface area contributed by atoms with Gasteiger partial charge in [0.15, 0.2) is 0 Å². The fourth-order valence-electron chi connectivity index (χ4n) is 3.32. The van der Waals surface area contributed by atoms with Crippen molar-refractivity contribution in [1.29, 1.82) is 0 Å². The second-order valence-electron chi connectivity index (χ2n) is 8.97. The van der Waals surface area contributed by atoms with E-state index >= 15 is 0 Å². The van der Waals surface area contributed by atoms with E-state index in [2.05, 4.69) is 105 Å². The molecule has 1 nitrogen and oxygen atoms in total. The van der Waals surface area contributed by atoms with Crippen LogP contribution in [0, 0.1) is 0 Å². The van der Waals surface area contributed by atoms with Gasteiger partial charge in [-0.3, -0.25) is 0 Å². The van der Waals surface area contributed by atoms with Crippen molar-refractivity contribution in [3.05, 3.63) is 71.0 Å². The minimum absolute atomic E-state index is 0.0322. The molecule has 0 aliphatic rings. The van der Waals surface area contributed by atoms with Gasteiger partial charge >= 0.3 is 0 Å². The van der Waals surface area contributed by atoms with Gasteiger partial charge < -0.3 is 4.74 Å². The normalized spacial score (nSPS) is 13.7. The maximum Gasteiger partial charge on any atom is 0.0830 e. The van der Waals surface area contributed by atoms with Crippen molar-refractivity contribution in [2.24, 2.45) is 0 Å². The van der Waals surface area contributed by atoms with Crippen molar-refractivity contribution in [2.75, 3.05) is 7.11 Å². The number of hydrogen-bond acceptors (Lipinski definition) is 1. The standard InChI is InChI=1S/C26H38O.C2H6/c1-11-14-19(12-2)21-17-24(26(7,8)9)22(18-23(21)25(4,5)6)20(13-3)15-16-27-10;1-2/h11-18H,1-10H3;1-2H3/b14-11-,16-15-,19-12+,20-13+;. The molecular formula is C28H44O. The van der Waals surface area contributed by atoms with Gasteiger partial charge in [0.05, 0.1) is 13.4 Å². The van der Waals surface area contributed by atoms with E-state index in [-0.39, 0.29) is 10.8 Å². The molecule has 1 aromatic carbocycles. The molecule has 0 radical (unpaired) electrons. The Labute approximate surface area is 181 Å². The Morgan fingerprint density at radius 3 is 1.38 bits per heavy atom. The molecule has 0 saturated heterocycles. The lowest BCUT2D eigenvalue weighted by Crippen LogP contribution is -2.19. The van der Waals surface area contributed by atoms with E-state index in [1.165, 1.54) is 33.4 Å². The highest BCUT2D eigenvalue weighted by Gasteiger charge is 2.26. The summed E-state index contributed by atoms with van der Waals surface area (Å²) in [5, 5.41) is 0. The summed E-state index contributed by atoms with van der Waals surface area (Å²) in [4.78, 5) is 0. The number of methoxy groups -OCH3 is 1. The van der Waals surface area contributed by atoms with E-state index in [0.29, 0.717) is 0 Å². The molecule has 0 aliphatic carbocycles. The zero-order chi connectivity index (χ0) is 22.8. The minimum Gasteiger partial charge on any atom is -0.504 e. The Morgan fingerprint density at radius 2 is 1.10 bits per heavy atom. The zero-order valence-electron chi connectivity index (χ0n) is 21.0. The Balaban J connectivity index is 0.00000379. The molecule has 0 spiro atoms. The number of hydrogen-bond donors (Lipinski definition) is 0. The van der Waals surface area contributed by atoms with E-state index in [0.717, 1.165) is 0 Å². The van der Waals surface area contributed by atoms with Crippen molar-refractivity contribution in [2.45, 2.75) is 87.0 Å². The smallest absolute Gasteiger partial charge is 0.0830 e. The first-order valence-corrected chi connectivity index (χ1v) is 10.9. The topological polar surface area (TPSA) is 9.23 Å². The highest BCUT2D eigenvalue weighted by molar-refractivity contribution is 5.82. The Morgan fingerprint density at radius 1 is 0.724 bits per heavy atom. The van der Waals surface area contributed by atoms with Crippen molar-refractivity contribution < 1.29 is 4.74 Å². The molecule has 1 aromatic rings. The van der Waals surface area contributed by atoms with Crippen LogP contribution >= 0.6 is 0 Å². The predicted octanol–water partition coefficient (Wildman–Crippen LogP) is 8.85. The van der Waals surface area contributed by atoms with Crippen molar-refractivity contribution in [3.8, 4) is 0 Å². The van der Waals surface area contributed by atoms with E-state index in [9.17, 15) is 0 Å². The van der Waals surface area contributed by atoms with Gasteiger partial charge in [-0.25, -0.2) is 0 Å². The molecule has 0 atom stereocenters. The van der Waals surface area contributed by atoms with Crippen LogP contribution in [-0.4, -0.2) is 7.11 Å². The van der Waals surface area contributed by atoms with Crippen LogP contribution < -0.4 is 0 Å². The summed E-state index contributed by atoms with van der Waals surface area (Å²) in [5.74, 6) is 0. The van der Waals surface area contributed by atoms with Crippen LogP contribution in [0.1, 0.15) is 98.4 Å². The molecule has 0 saturated carbocycles. The third kappa shape index (κ3) is 7.38. The number of benzene rings is 1. The molecule has 0 amide bonds. The van der Waals surface area contributed by atoms with Crippen LogP contribution in [0.25, 0.3) is 11.1 Å². The minimum atomic E-state index is 0.0322. The van der Waals surface area contributed by atoms with Gasteiger partial charge in [-0.05, 0) is 83.2 Å². The maximum atomic E-state index is 5.19. The van der Waals surface area contributed by atoms with Gasteiger partial charge in [-0.15, -0.1) is 0 Å². The zero-order valence-corrected chi connectivity index (χ0v) is 21.0. The third-order valence-electron chi connectivity index (χ3n) is 4.75. The highest BCUT2D eigenvalue weighted by Crippen LogP contribution is 2.39. The average molecular weight is 397 g/mol. The van der Waals surface area contributed by atoms with E-state index in [1.54, 1.807) is 13.4 Å². The highest BCUT2D eigenvalue weighted by atomic mass is 16.5. The lowest BCUT2D eigenvalue weighted by atomic mass is 9.74. The predicted molar refractivity (Wildman–Crippen MR) is 133 cm³/mol. The molecule has 0 fully saturated rings. The molecule has 162 valence electrons. The number of allylic oxidation sites excluding steroid dienone is 7. The summed E-state index contributed by atoms with van der Waals surface area (Å²) in [5.41, 5.74) is 7.85. The van der Waals surface area contributed by atoms with Gasteiger partial charge in [-0.1, -0.05) is 79.7 Å². The van der Waals surface area contributed by atoms with Gasteiger partial charge in [0.2, 0.25) is 0 Å². The van der Waals surface area contributed by atoms with Crippen LogP contribution in [-0.2, 0) is 15.6 Å². The van der Waals surface area contributed by atoms with Crippen molar-refractivity contribution in [3.63, 3.8) is 0 Å². The first kappa shape index (κ1) is 27.0. The summed E-state index contributed by atoms with van der Waals surface area (Å²) in [6.07, 6.45) is 12.5. The number of ether oxygens (including phenoxy) is 1. The molecule has 0 bridgehead atoms. The Kier molecular flexibility index (Phi) is 11.0.